The van der Waals surface area contributed by atoms with Crippen molar-refractivity contribution in [2.45, 2.75) is 63.7 Å². The van der Waals surface area contributed by atoms with E-state index in [4.69, 9.17) is 4.74 Å². The molecule has 1 saturated carbocycles. The summed E-state index contributed by atoms with van der Waals surface area (Å²) in [6.45, 7) is 3.33. The predicted molar refractivity (Wildman–Crippen MR) is 90.5 cm³/mol. The van der Waals surface area contributed by atoms with Gasteiger partial charge in [0.05, 0.1) is 12.2 Å². The molecular formula is C18H26BrNO. The summed E-state index contributed by atoms with van der Waals surface area (Å²) in [4.78, 5) is 0. The molecule has 3 unspecified atom stereocenters. The van der Waals surface area contributed by atoms with Crippen molar-refractivity contribution >= 4 is 15.9 Å². The van der Waals surface area contributed by atoms with Crippen LogP contribution in [0.3, 0.4) is 0 Å². The summed E-state index contributed by atoms with van der Waals surface area (Å²) >= 11 is 3.51. The lowest BCUT2D eigenvalue weighted by molar-refractivity contribution is 0.0407. The molecule has 21 heavy (non-hydrogen) atoms. The van der Waals surface area contributed by atoms with Crippen LogP contribution in [0.15, 0.2) is 28.7 Å². The van der Waals surface area contributed by atoms with Crippen molar-refractivity contribution in [3.8, 4) is 0 Å². The number of hydrogen-bond donors (Lipinski definition) is 1. The largest absolute Gasteiger partial charge is 0.375 e. The van der Waals surface area contributed by atoms with Crippen LogP contribution >= 0.6 is 15.9 Å². The fourth-order valence-electron chi connectivity index (χ4n) is 3.24. The van der Waals surface area contributed by atoms with E-state index in [1.54, 1.807) is 0 Å². The highest BCUT2D eigenvalue weighted by Gasteiger charge is 2.27. The molecule has 3 atom stereocenters. The van der Waals surface area contributed by atoms with E-state index in [-0.39, 0.29) is 0 Å². The summed E-state index contributed by atoms with van der Waals surface area (Å²) in [5, 5.41) is 3.71. The number of ether oxygens (including phenoxy) is 1. The molecule has 0 aromatic heterocycles. The van der Waals surface area contributed by atoms with Gasteiger partial charge in [-0.15, -0.1) is 0 Å². The average molecular weight is 352 g/mol. The van der Waals surface area contributed by atoms with Gasteiger partial charge in [0.2, 0.25) is 0 Å². The molecule has 1 heterocycles. The third kappa shape index (κ3) is 5.08. The van der Waals surface area contributed by atoms with Crippen LogP contribution in [0.5, 0.6) is 0 Å². The second-order valence-electron chi connectivity index (χ2n) is 6.76. The molecule has 0 radical (unpaired) electrons. The summed E-state index contributed by atoms with van der Waals surface area (Å²) in [5.41, 5.74) is 1.44. The lowest BCUT2D eigenvalue weighted by Crippen LogP contribution is -2.29. The molecule has 2 nitrogen and oxygen atoms in total. The fraction of sp³-hybridized carbons (Fsp3) is 0.667. The van der Waals surface area contributed by atoms with Crippen molar-refractivity contribution < 1.29 is 4.74 Å². The van der Waals surface area contributed by atoms with E-state index in [2.05, 4.69) is 52.4 Å². The third-order valence-corrected chi connectivity index (χ3v) is 5.16. The van der Waals surface area contributed by atoms with Gasteiger partial charge in [0.15, 0.2) is 0 Å². The number of rotatable bonds is 7. The van der Waals surface area contributed by atoms with Crippen LogP contribution in [0.1, 0.15) is 44.6 Å². The Morgan fingerprint density at radius 3 is 2.57 bits per heavy atom. The maximum absolute atomic E-state index is 6.04. The van der Waals surface area contributed by atoms with E-state index in [0.717, 1.165) is 23.5 Å². The maximum atomic E-state index is 6.04. The maximum Gasteiger partial charge on any atom is 0.0583 e. The molecule has 0 amide bonds. The Kier molecular flexibility index (Phi) is 5.36. The quantitative estimate of drug-likeness (QED) is 0.789. The Labute approximate surface area is 136 Å². The van der Waals surface area contributed by atoms with Crippen molar-refractivity contribution in [2.24, 2.45) is 5.92 Å². The van der Waals surface area contributed by atoms with Crippen LogP contribution in [-0.2, 0) is 11.2 Å². The molecule has 1 aromatic carbocycles. The topological polar surface area (TPSA) is 21.3 Å². The van der Waals surface area contributed by atoms with Gasteiger partial charge >= 0.3 is 0 Å². The van der Waals surface area contributed by atoms with Crippen LogP contribution in [-0.4, -0.2) is 24.8 Å². The lowest BCUT2D eigenvalue weighted by atomic mass is 9.92. The molecule has 116 valence electrons. The average Bonchev–Trinajstić information content (AvgIpc) is 3.21. The molecule has 3 heteroatoms. The van der Waals surface area contributed by atoms with Crippen LogP contribution in [0.2, 0.25) is 0 Å². The van der Waals surface area contributed by atoms with Crippen LogP contribution in [0.4, 0.5) is 0 Å². The summed E-state index contributed by atoms with van der Waals surface area (Å²) < 4.78 is 7.19. The SMILES string of the molecule is CC1CCC(CC(CNC2CC2)Cc2ccc(Br)cc2)O1. The molecule has 1 aliphatic heterocycles. The Morgan fingerprint density at radius 2 is 1.95 bits per heavy atom. The molecule has 2 fully saturated rings. The van der Waals surface area contributed by atoms with E-state index >= 15 is 0 Å². The van der Waals surface area contributed by atoms with Gasteiger partial charge in [0, 0.05) is 10.5 Å². The molecule has 1 saturated heterocycles. The number of hydrogen-bond acceptors (Lipinski definition) is 2. The zero-order chi connectivity index (χ0) is 14.7. The van der Waals surface area contributed by atoms with Gasteiger partial charge < -0.3 is 10.1 Å². The molecule has 0 spiro atoms. The van der Waals surface area contributed by atoms with Gasteiger partial charge in [-0.2, -0.15) is 0 Å². The fourth-order valence-corrected chi connectivity index (χ4v) is 3.51. The zero-order valence-corrected chi connectivity index (χ0v) is 14.4. The minimum Gasteiger partial charge on any atom is -0.375 e. The second-order valence-corrected chi connectivity index (χ2v) is 7.68. The van der Waals surface area contributed by atoms with Crippen molar-refractivity contribution in [3.63, 3.8) is 0 Å². The van der Waals surface area contributed by atoms with Crippen molar-refractivity contribution in [3.05, 3.63) is 34.3 Å². The monoisotopic (exact) mass is 351 g/mol. The lowest BCUT2D eigenvalue weighted by Gasteiger charge is -2.21. The van der Waals surface area contributed by atoms with Gasteiger partial charge in [-0.1, -0.05) is 28.1 Å². The van der Waals surface area contributed by atoms with E-state index in [9.17, 15) is 0 Å². The van der Waals surface area contributed by atoms with Crippen LogP contribution < -0.4 is 5.32 Å². The van der Waals surface area contributed by atoms with Gasteiger partial charge in [-0.25, -0.2) is 0 Å². The zero-order valence-electron chi connectivity index (χ0n) is 12.9. The molecule has 0 bridgehead atoms. The first-order chi connectivity index (χ1) is 10.2. The van der Waals surface area contributed by atoms with Crippen LogP contribution in [0, 0.1) is 5.92 Å². The predicted octanol–water partition coefficient (Wildman–Crippen LogP) is 4.32. The molecule has 1 aliphatic carbocycles. The number of benzene rings is 1. The van der Waals surface area contributed by atoms with E-state index in [1.165, 1.54) is 37.7 Å². The number of halogens is 1. The van der Waals surface area contributed by atoms with E-state index in [0.29, 0.717) is 18.1 Å². The first kappa shape index (κ1) is 15.5. The van der Waals surface area contributed by atoms with Crippen molar-refractivity contribution in [2.75, 3.05) is 6.54 Å². The van der Waals surface area contributed by atoms with E-state index < -0.39 is 0 Å². The molecule has 1 aromatic rings. The summed E-state index contributed by atoms with van der Waals surface area (Å²) in [6, 6.07) is 9.57. The molecule has 3 rings (SSSR count). The summed E-state index contributed by atoms with van der Waals surface area (Å²) in [5.74, 6) is 0.682. The second kappa shape index (κ2) is 7.26. The molecular weight excluding hydrogens is 326 g/mol. The van der Waals surface area contributed by atoms with Gasteiger partial charge in [0.25, 0.3) is 0 Å². The minimum absolute atomic E-state index is 0.458. The smallest absolute Gasteiger partial charge is 0.0583 e. The first-order valence-corrected chi connectivity index (χ1v) is 9.11. The van der Waals surface area contributed by atoms with Crippen molar-refractivity contribution in [1.82, 2.24) is 5.32 Å². The standard InChI is InChI=1S/C18H26BrNO/c1-13-2-9-18(21-13)11-15(12-20-17-7-8-17)10-14-3-5-16(19)6-4-14/h3-6,13,15,17-18,20H,2,7-12H2,1H3. The first-order valence-electron chi connectivity index (χ1n) is 8.32. The van der Waals surface area contributed by atoms with Gasteiger partial charge in [-0.3, -0.25) is 0 Å². The van der Waals surface area contributed by atoms with Crippen molar-refractivity contribution in [1.29, 1.82) is 0 Å². The Hall–Kier alpha value is -0.380. The highest BCUT2D eigenvalue weighted by Crippen LogP contribution is 2.27. The Balaban J connectivity index is 1.55. The summed E-state index contributed by atoms with van der Waals surface area (Å²) in [7, 11) is 0. The molecule has 2 aliphatic rings. The Bertz CT molecular complexity index is 443. The normalized spacial score (nSPS) is 27.0. The van der Waals surface area contributed by atoms with Gasteiger partial charge in [0.1, 0.15) is 0 Å². The number of nitrogens with one attached hydrogen (secondary N) is 1. The molecule has 1 N–H and O–H groups in total. The highest BCUT2D eigenvalue weighted by molar-refractivity contribution is 9.10. The Morgan fingerprint density at radius 1 is 1.19 bits per heavy atom. The minimum atomic E-state index is 0.458. The van der Waals surface area contributed by atoms with E-state index in [1.807, 2.05) is 0 Å². The third-order valence-electron chi connectivity index (χ3n) is 4.63. The van der Waals surface area contributed by atoms with Crippen LogP contribution in [0.25, 0.3) is 0 Å². The summed E-state index contributed by atoms with van der Waals surface area (Å²) in [6.07, 6.45) is 8.47. The highest BCUT2D eigenvalue weighted by atomic mass is 79.9. The van der Waals surface area contributed by atoms with Gasteiger partial charge in [-0.05, 0) is 75.6 Å².